The molecule has 1 N–H and O–H groups in total. The molecule has 2 fully saturated rings. The van der Waals surface area contributed by atoms with Gasteiger partial charge in [-0.05, 0) is 37.3 Å². The molecule has 2 aliphatic rings. The van der Waals surface area contributed by atoms with Crippen LogP contribution in [0.2, 0.25) is 0 Å². The normalized spacial score (nSPS) is 23.9. The number of hydrogen-bond donors (Lipinski definition) is 1. The third-order valence-corrected chi connectivity index (χ3v) is 5.24. The fourth-order valence-electron chi connectivity index (χ4n) is 3.76. The molecule has 1 aromatic carbocycles. The summed E-state index contributed by atoms with van der Waals surface area (Å²) in [6.07, 6.45) is 3.32. The van der Waals surface area contributed by atoms with Gasteiger partial charge in [0.05, 0.1) is 0 Å². The Morgan fingerprint density at radius 3 is 2.52 bits per heavy atom. The number of amides is 1. The van der Waals surface area contributed by atoms with Crippen molar-refractivity contribution >= 4 is 5.91 Å². The average Bonchev–Trinajstić information content (AvgIpc) is 3.12. The molecule has 3 rings (SSSR count). The smallest absolute Gasteiger partial charge is 0.244 e. The van der Waals surface area contributed by atoms with E-state index < -0.39 is 0 Å². The van der Waals surface area contributed by atoms with E-state index in [-0.39, 0.29) is 6.04 Å². The standard InChI is InChI=1S/C19H29N3O/c1-3-16-6-8-17(9-7-16)18(19(23)21-11-4-5-12-21)22-13-10-20-14-15(22)2/h6-9,15,18,20H,3-5,10-14H2,1-2H3. The Labute approximate surface area is 139 Å². The van der Waals surface area contributed by atoms with E-state index in [2.05, 4.69) is 53.2 Å². The number of nitrogens with one attached hydrogen (secondary N) is 1. The van der Waals surface area contributed by atoms with Crippen LogP contribution in [0.1, 0.15) is 43.9 Å². The van der Waals surface area contributed by atoms with Gasteiger partial charge in [0.15, 0.2) is 0 Å². The molecule has 0 aliphatic carbocycles. The SMILES string of the molecule is CCc1ccc(C(C(=O)N2CCCC2)N2CCNCC2C)cc1. The molecule has 1 amide bonds. The minimum atomic E-state index is -0.129. The monoisotopic (exact) mass is 315 g/mol. The summed E-state index contributed by atoms with van der Waals surface area (Å²) in [4.78, 5) is 17.7. The largest absolute Gasteiger partial charge is 0.341 e. The third kappa shape index (κ3) is 3.59. The van der Waals surface area contributed by atoms with Crippen molar-refractivity contribution in [3.63, 3.8) is 0 Å². The summed E-state index contributed by atoms with van der Waals surface area (Å²) in [5.41, 5.74) is 2.47. The Balaban J connectivity index is 1.89. The van der Waals surface area contributed by atoms with Gasteiger partial charge in [-0.1, -0.05) is 31.2 Å². The topological polar surface area (TPSA) is 35.6 Å². The molecule has 0 spiro atoms. The molecule has 4 heteroatoms. The van der Waals surface area contributed by atoms with Crippen LogP contribution in [-0.2, 0) is 11.2 Å². The minimum absolute atomic E-state index is 0.129. The van der Waals surface area contributed by atoms with Crippen molar-refractivity contribution in [1.82, 2.24) is 15.1 Å². The van der Waals surface area contributed by atoms with Crippen LogP contribution < -0.4 is 5.32 Å². The molecule has 1 aromatic rings. The van der Waals surface area contributed by atoms with Crippen LogP contribution in [0.5, 0.6) is 0 Å². The highest BCUT2D eigenvalue weighted by atomic mass is 16.2. The summed E-state index contributed by atoms with van der Waals surface area (Å²) in [5, 5.41) is 3.43. The van der Waals surface area contributed by atoms with E-state index >= 15 is 0 Å². The van der Waals surface area contributed by atoms with Crippen molar-refractivity contribution in [2.24, 2.45) is 0 Å². The van der Waals surface area contributed by atoms with Crippen LogP contribution in [0, 0.1) is 0 Å². The maximum atomic E-state index is 13.2. The Bertz CT molecular complexity index is 522. The van der Waals surface area contributed by atoms with Gasteiger partial charge in [0.2, 0.25) is 5.91 Å². The van der Waals surface area contributed by atoms with E-state index in [1.807, 2.05) is 0 Å². The molecule has 0 bridgehead atoms. The minimum Gasteiger partial charge on any atom is -0.341 e. The lowest BCUT2D eigenvalue weighted by molar-refractivity contribution is -0.137. The molecule has 126 valence electrons. The second-order valence-corrected chi connectivity index (χ2v) is 6.82. The van der Waals surface area contributed by atoms with Gasteiger partial charge in [0, 0.05) is 38.8 Å². The van der Waals surface area contributed by atoms with Crippen molar-refractivity contribution in [3.05, 3.63) is 35.4 Å². The number of piperazine rings is 1. The molecule has 0 saturated carbocycles. The van der Waals surface area contributed by atoms with Gasteiger partial charge in [0.25, 0.3) is 0 Å². The number of rotatable bonds is 4. The molecule has 2 atom stereocenters. The van der Waals surface area contributed by atoms with E-state index in [1.54, 1.807) is 0 Å². The van der Waals surface area contributed by atoms with E-state index in [9.17, 15) is 4.79 Å². The number of benzene rings is 1. The Hall–Kier alpha value is -1.39. The molecule has 23 heavy (non-hydrogen) atoms. The number of carbonyl (C=O) groups is 1. The zero-order valence-electron chi connectivity index (χ0n) is 14.4. The van der Waals surface area contributed by atoms with Crippen molar-refractivity contribution in [2.45, 2.75) is 45.2 Å². The molecule has 0 radical (unpaired) electrons. The first-order chi connectivity index (χ1) is 11.2. The fourth-order valence-corrected chi connectivity index (χ4v) is 3.76. The third-order valence-electron chi connectivity index (χ3n) is 5.24. The lowest BCUT2D eigenvalue weighted by Gasteiger charge is -2.40. The number of carbonyl (C=O) groups excluding carboxylic acids is 1. The maximum Gasteiger partial charge on any atom is 0.244 e. The Morgan fingerprint density at radius 1 is 1.22 bits per heavy atom. The number of hydrogen-bond acceptors (Lipinski definition) is 3. The molecule has 2 heterocycles. The van der Waals surface area contributed by atoms with Crippen LogP contribution in [0.15, 0.2) is 24.3 Å². The van der Waals surface area contributed by atoms with Crippen LogP contribution in [0.4, 0.5) is 0 Å². The molecule has 4 nitrogen and oxygen atoms in total. The summed E-state index contributed by atoms with van der Waals surface area (Å²) in [7, 11) is 0. The second-order valence-electron chi connectivity index (χ2n) is 6.82. The predicted molar refractivity (Wildman–Crippen MR) is 93.4 cm³/mol. The highest BCUT2D eigenvalue weighted by molar-refractivity contribution is 5.83. The fraction of sp³-hybridized carbons (Fsp3) is 0.632. The first-order valence-electron chi connectivity index (χ1n) is 9.04. The van der Waals surface area contributed by atoms with Gasteiger partial charge in [-0.3, -0.25) is 9.69 Å². The first-order valence-corrected chi connectivity index (χ1v) is 9.04. The van der Waals surface area contributed by atoms with Gasteiger partial charge in [0.1, 0.15) is 6.04 Å². The van der Waals surface area contributed by atoms with Crippen LogP contribution in [0.3, 0.4) is 0 Å². The predicted octanol–water partition coefficient (Wildman–Crippen LogP) is 2.21. The maximum absolute atomic E-state index is 13.2. The molecule has 2 saturated heterocycles. The van der Waals surface area contributed by atoms with Crippen LogP contribution >= 0.6 is 0 Å². The average molecular weight is 315 g/mol. The molecule has 0 aromatic heterocycles. The number of nitrogens with zero attached hydrogens (tertiary/aromatic N) is 2. The second kappa shape index (κ2) is 7.45. The van der Waals surface area contributed by atoms with Crippen molar-refractivity contribution < 1.29 is 4.79 Å². The molecule has 2 aliphatic heterocycles. The van der Waals surface area contributed by atoms with Crippen molar-refractivity contribution in [1.29, 1.82) is 0 Å². The van der Waals surface area contributed by atoms with Gasteiger partial charge in [-0.15, -0.1) is 0 Å². The first kappa shape index (κ1) is 16.5. The Morgan fingerprint density at radius 2 is 1.91 bits per heavy atom. The quantitative estimate of drug-likeness (QED) is 0.925. The van der Waals surface area contributed by atoms with Gasteiger partial charge >= 0.3 is 0 Å². The van der Waals surface area contributed by atoms with Crippen LogP contribution in [-0.4, -0.2) is 54.5 Å². The van der Waals surface area contributed by atoms with Crippen molar-refractivity contribution in [2.75, 3.05) is 32.7 Å². The summed E-state index contributed by atoms with van der Waals surface area (Å²) < 4.78 is 0. The van der Waals surface area contributed by atoms with E-state index in [0.717, 1.165) is 57.5 Å². The molecular weight excluding hydrogens is 286 g/mol. The lowest BCUT2D eigenvalue weighted by Crippen LogP contribution is -2.54. The zero-order chi connectivity index (χ0) is 16.2. The van der Waals surface area contributed by atoms with E-state index in [4.69, 9.17) is 0 Å². The Kier molecular flexibility index (Phi) is 5.34. The summed E-state index contributed by atoms with van der Waals surface area (Å²) >= 11 is 0. The van der Waals surface area contributed by atoms with E-state index in [0.29, 0.717) is 11.9 Å². The zero-order valence-corrected chi connectivity index (χ0v) is 14.4. The highest BCUT2D eigenvalue weighted by Gasteiger charge is 2.35. The van der Waals surface area contributed by atoms with Gasteiger partial charge < -0.3 is 10.2 Å². The number of likely N-dealkylation sites (tertiary alicyclic amines) is 1. The molecular formula is C19H29N3O. The van der Waals surface area contributed by atoms with Crippen LogP contribution in [0.25, 0.3) is 0 Å². The molecule has 2 unspecified atom stereocenters. The van der Waals surface area contributed by atoms with E-state index in [1.165, 1.54) is 5.56 Å². The summed E-state index contributed by atoms with van der Waals surface area (Å²) in [6, 6.07) is 8.92. The number of aryl methyl sites for hydroxylation is 1. The summed E-state index contributed by atoms with van der Waals surface area (Å²) in [6.45, 7) is 9.07. The highest BCUT2D eigenvalue weighted by Crippen LogP contribution is 2.28. The van der Waals surface area contributed by atoms with Crippen molar-refractivity contribution in [3.8, 4) is 0 Å². The van der Waals surface area contributed by atoms with Gasteiger partial charge in [-0.2, -0.15) is 0 Å². The van der Waals surface area contributed by atoms with Gasteiger partial charge in [-0.25, -0.2) is 0 Å². The lowest BCUT2D eigenvalue weighted by atomic mass is 9.99. The summed E-state index contributed by atoms with van der Waals surface area (Å²) in [5.74, 6) is 0.292.